The number of aromatic carboxylic acids is 1. The quantitative estimate of drug-likeness (QED) is 0.204. The lowest BCUT2D eigenvalue weighted by Crippen LogP contribution is -2.55. The zero-order valence-corrected chi connectivity index (χ0v) is 25.5. The fourth-order valence-electron chi connectivity index (χ4n) is 3.98. The zero-order chi connectivity index (χ0) is 24.6. The van der Waals surface area contributed by atoms with Gasteiger partial charge in [-0.15, -0.1) is 0 Å². The van der Waals surface area contributed by atoms with E-state index in [0.717, 1.165) is 31.7 Å². The van der Waals surface area contributed by atoms with E-state index in [1.165, 1.54) is 0 Å². The molecule has 0 heterocycles. The van der Waals surface area contributed by atoms with Crippen LogP contribution in [-0.2, 0) is 12.3 Å². The fraction of sp³-hybridized carbons (Fsp3) is 0.682. The van der Waals surface area contributed by atoms with Crippen LogP contribution in [0, 0.1) is 0 Å². The molecule has 0 radical (unpaired) electrons. The number of hydrogen-bond donors (Lipinski definition) is 1. The van der Waals surface area contributed by atoms with Gasteiger partial charge in [0.15, 0.2) is 16.6 Å². The van der Waals surface area contributed by atoms with Gasteiger partial charge in [-0.05, 0) is 95.7 Å². The summed E-state index contributed by atoms with van der Waals surface area (Å²) < 4.78 is 25.2. The summed E-state index contributed by atoms with van der Waals surface area (Å²) in [7, 11) is -7.86. The lowest BCUT2D eigenvalue weighted by atomic mass is 10.2. The molecule has 1 aromatic carbocycles. The molecule has 0 fully saturated rings. The molecule has 0 atom stereocenters. The van der Waals surface area contributed by atoms with Crippen molar-refractivity contribution in [3.05, 3.63) is 29.8 Å². The minimum absolute atomic E-state index is 0.275. The van der Waals surface area contributed by atoms with Crippen LogP contribution < -0.4 is 4.74 Å². The molecule has 0 aliphatic heterocycles. The molecule has 6 nitrogen and oxygen atoms in total. The summed E-state index contributed by atoms with van der Waals surface area (Å²) in [5, 5.41) is 8.93. The van der Waals surface area contributed by atoms with Crippen LogP contribution in [0.2, 0.25) is 65.0 Å². The average Bonchev–Trinajstić information content (AvgIpc) is 2.56. The molecule has 0 bridgehead atoms. The maximum absolute atomic E-state index is 10.9. The number of carboxylic acid groups (broad SMARTS) is 1. The van der Waals surface area contributed by atoms with Gasteiger partial charge in [0.05, 0.1) is 12.2 Å². The molecule has 0 aliphatic carbocycles. The Morgan fingerprint density at radius 3 is 1.81 bits per heavy atom. The van der Waals surface area contributed by atoms with Crippen molar-refractivity contribution in [2.75, 3.05) is 6.61 Å². The molecule has 0 unspecified atom stereocenters. The van der Waals surface area contributed by atoms with Crippen LogP contribution in [0.4, 0.5) is 0 Å². The average molecular weight is 517 g/mol. The molecule has 0 saturated carbocycles. The highest BCUT2D eigenvalue weighted by molar-refractivity contribution is 6.89. The molecular formula is C22H44O6Si4. The smallest absolute Gasteiger partial charge is 0.335 e. The Morgan fingerprint density at radius 1 is 0.750 bits per heavy atom. The van der Waals surface area contributed by atoms with E-state index in [4.69, 9.17) is 22.2 Å². The Morgan fingerprint density at radius 2 is 1.28 bits per heavy atom. The number of benzene rings is 1. The predicted octanol–water partition coefficient (Wildman–Crippen LogP) is 6.82. The van der Waals surface area contributed by atoms with Crippen LogP contribution in [0.1, 0.15) is 36.0 Å². The monoisotopic (exact) mass is 516 g/mol. The summed E-state index contributed by atoms with van der Waals surface area (Å²) in [5.74, 6) is -0.205. The third-order valence-electron chi connectivity index (χ3n) is 4.61. The van der Waals surface area contributed by atoms with Crippen molar-refractivity contribution in [2.45, 2.75) is 90.7 Å². The normalized spacial score (nSPS) is 13.3. The molecule has 0 spiro atoms. The van der Waals surface area contributed by atoms with Gasteiger partial charge in [0.1, 0.15) is 5.75 Å². The molecule has 32 heavy (non-hydrogen) atoms. The van der Waals surface area contributed by atoms with Crippen molar-refractivity contribution in [1.82, 2.24) is 0 Å². The van der Waals surface area contributed by atoms with E-state index < -0.39 is 39.7 Å². The minimum atomic E-state index is -2.24. The number of hydrogen-bond acceptors (Lipinski definition) is 5. The van der Waals surface area contributed by atoms with E-state index >= 15 is 0 Å². The van der Waals surface area contributed by atoms with Gasteiger partial charge in [-0.3, -0.25) is 0 Å². The van der Waals surface area contributed by atoms with Crippen molar-refractivity contribution >= 4 is 39.7 Å². The highest BCUT2D eigenvalue weighted by Gasteiger charge is 2.42. The molecule has 0 amide bonds. The topological polar surface area (TPSA) is 74.2 Å². The van der Waals surface area contributed by atoms with Gasteiger partial charge in [0.2, 0.25) is 0 Å². The van der Waals surface area contributed by atoms with Crippen molar-refractivity contribution in [1.29, 1.82) is 0 Å². The van der Waals surface area contributed by atoms with Crippen LogP contribution in [0.15, 0.2) is 24.3 Å². The standard InChI is InChI=1S/C22H44O6Si4/c1-29(2,3)26-31(6,7)28-32(8,9)27-30(4,5)19-13-11-10-12-18-25-21-16-14-20(15-17-21)22(23)24/h14-17H,10-13,18-19H2,1-9H3,(H,23,24). The summed E-state index contributed by atoms with van der Waals surface area (Å²) >= 11 is 0. The first-order valence-corrected chi connectivity index (χ1v) is 23.7. The summed E-state index contributed by atoms with van der Waals surface area (Å²) in [5.41, 5.74) is 0.275. The molecule has 0 saturated heterocycles. The summed E-state index contributed by atoms with van der Waals surface area (Å²) in [6, 6.07) is 7.68. The molecule has 0 aliphatic rings. The van der Waals surface area contributed by atoms with Gasteiger partial charge in [-0.1, -0.05) is 19.3 Å². The molecule has 1 N–H and O–H groups in total. The number of ether oxygens (including phenoxy) is 1. The van der Waals surface area contributed by atoms with Gasteiger partial charge in [0, 0.05) is 0 Å². The van der Waals surface area contributed by atoms with Crippen molar-refractivity contribution < 1.29 is 27.0 Å². The van der Waals surface area contributed by atoms with Crippen LogP contribution >= 0.6 is 0 Å². The molecule has 1 rings (SSSR count). The van der Waals surface area contributed by atoms with Gasteiger partial charge in [-0.2, -0.15) is 0 Å². The number of carboxylic acids is 1. The van der Waals surface area contributed by atoms with Crippen LogP contribution in [0.5, 0.6) is 5.75 Å². The number of carbonyl (C=O) groups is 1. The Balaban J connectivity index is 2.30. The van der Waals surface area contributed by atoms with E-state index in [0.29, 0.717) is 12.4 Å². The van der Waals surface area contributed by atoms with Crippen LogP contribution in [0.3, 0.4) is 0 Å². The summed E-state index contributed by atoms with van der Waals surface area (Å²) in [4.78, 5) is 10.9. The molecule has 10 heteroatoms. The maximum Gasteiger partial charge on any atom is 0.335 e. The Bertz CT molecular complexity index is 714. The SMILES string of the molecule is C[Si](C)(C)O[Si](C)(C)O[Si](C)(C)O[Si](C)(C)CCCCCCOc1ccc(C(=O)O)cc1. The third-order valence-corrected chi connectivity index (χ3v) is 18.7. The van der Waals surface area contributed by atoms with Crippen molar-refractivity contribution in [3.63, 3.8) is 0 Å². The highest BCUT2D eigenvalue weighted by Crippen LogP contribution is 2.26. The largest absolute Gasteiger partial charge is 0.494 e. The third kappa shape index (κ3) is 13.1. The van der Waals surface area contributed by atoms with Crippen LogP contribution in [-0.4, -0.2) is 51.4 Å². The summed E-state index contributed by atoms with van der Waals surface area (Å²) in [6.45, 7) is 20.5. The summed E-state index contributed by atoms with van der Waals surface area (Å²) in [6.07, 6.45) is 4.41. The van der Waals surface area contributed by atoms with Crippen molar-refractivity contribution in [3.8, 4) is 5.75 Å². The second kappa shape index (κ2) is 12.1. The second-order valence-electron chi connectivity index (χ2n) is 10.8. The number of rotatable bonds is 15. The Labute approximate surface area is 199 Å². The van der Waals surface area contributed by atoms with Gasteiger partial charge < -0.3 is 22.2 Å². The van der Waals surface area contributed by atoms with E-state index in [-0.39, 0.29) is 5.56 Å². The Hall–Kier alpha value is -0.762. The zero-order valence-electron chi connectivity index (χ0n) is 21.5. The van der Waals surface area contributed by atoms with E-state index in [9.17, 15) is 4.79 Å². The lowest BCUT2D eigenvalue weighted by Gasteiger charge is -2.40. The molecular weight excluding hydrogens is 473 g/mol. The van der Waals surface area contributed by atoms with Gasteiger partial charge in [-0.25, -0.2) is 4.79 Å². The lowest BCUT2D eigenvalue weighted by molar-refractivity contribution is 0.0696. The predicted molar refractivity (Wildman–Crippen MR) is 141 cm³/mol. The molecule has 1 aromatic rings. The first kappa shape index (κ1) is 29.3. The number of unbranched alkanes of at least 4 members (excludes halogenated alkanes) is 3. The van der Waals surface area contributed by atoms with E-state index in [1.54, 1.807) is 24.3 Å². The van der Waals surface area contributed by atoms with Gasteiger partial charge >= 0.3 is 23.1 Å². The minimum Gasteiger partial charge on any atom is -0.494 e. The Kier molecular flexibility index (Phi) is 11.1. The molecule has 184 valence electrons. The fourth-order valence-corrected chi connectivity index (χ4v) is 22.5. The first-order valence-electron chi connectivity index (χ1n) is 11.6. The second-order valence-corrected chi connectivity index (χ2v) is 27.1. The maximum atomic E-state index is 10.9. The molecule has 0 aromatic heterocycles. The van der Waals surface area contributed by atoms with Crippen molar-refractivity contribution in [2.24, 2.45) is 0 Å². The van der Waals surface area contributed by atoms with E-state index in [2.05, 4.69) is 58.9 Å². The first-order chi connectivity index (χ1) is 14.5. The highest BCUT2D eigenvalue weighted by atomic mass is 28.5. The van der Waals surface area contributed by atoms with Gasteiger partial charge in [0.25, 0.3) is 0 Å². The van der Waals surface area contributed by atoms with Crippen LogP contribution in [0.25, 0.3) is 0 Å². The van der Waals surface area contributed by atoms with E-state index in [1.807, 2.05) is 0 Å².